The van der Waals surface area contributed by atoms with E-state index in [1.165, 1.54) is 40.2 Å². The second-order valence-electron chi connectivity index (χ2n) is 7.83. The summed E-state index contributed by atoms with van der Waals surface area (Å²) in [5.41, 5.74) is 5.48. The lowest BCUT2D eigenvalue weighted by Gasteiger charge is -2.24. The highest BCUT2D eigenvalue weighted by atomic mass is 32.2. The van der Waals surface area contributed by atoms with Gasteiger partial charge in [0.2, 0.25) is 0 Å². The number of benzene rings is 2. The van der Waals surface area contributed by atoms with Crippen LogP contribution in [-0.2, 0) is 5.41 Å². The summed E-state index contributed by atoms with van der Waals surface area (Å²) in [5.74, 6) is 0.596. The number of anilines is 2. The number of thioether (sulfide) groups is 1. The molecule has 2 aromatic rings. The van der Waals surface area contributed by atoms with Crippen LogP contribution < -0.4 is 5.32 Å². The van der Waals surface area contributed by atoms with Gasteiger partial charge < -0.3 is 5.32 Å². The van der Waals surface area contributed by atoms with Crippen LogP contribution in [0.5, 0.6) is 0 Å². The van der Waals surface area contributed by atoms with E-state index >= 15 is 0 Å². The Bertz CT molecular complexity index is 785. The number of hydrogen-bond acceptors (Lipinski definition) is 2. The van der Waals surface area contributed by atoms with Crippen molar-refractivity contribution < 1.29 is 0 Å². The molecule has 0 bridgehead atoms. The molecule has 1 heterocycles. The van der Waals surface area contributed by atoms with Gasteiger partial charge in [-0.05, 0) is 41.5 Å². The molecule has 2 heteroatoms. The van der Waals surface area contributed by atoms with Crippen LogP contribution in [0, 0.1) is 0 Å². The lowest BCUT2D eigenvalue weighted by molar-refractivity contribution is 0.592. The molecule has 1 nitrogen and oxygen atoms in total. The van der Waals surface area contributed by atoms with Crippen LogP contribution in [-0.4, -0.2) is 5.25 Å². The Hall–Kier alpha value is -1.67. The SMILES string of the molecule is CC(C)(C)c1ccccc1Nc1cccc2c1SC1CCC=CC21. The van der Waals surface area contributed by atoms with Crippen molar-refractivity contribution in [2.24, 2.45) is 0 Å². The van der Waals surface area contributed by atoms with E-state index in [9.17, 15) is 0 Å². The normalized spacial score (nSPS) is 22.1. The zero-order chi connectivity index (χ0) is 16.7. The maximum Gasteiger partial charge on any atom is 0.0525 e. The lowest BCUT2D eigenvalue weighted by atomic mass is 9.85. The third-order valence-corrected chi connectivity index (χ3v) is 6.56. The molecule has 2 aromatic carbocycles. The standard InChI is InChI=1S/C22H25NS/c1-22(2,3)17-11-5-6-12-18(17)23-19-13-8-10-16-15-9-4-7-14-20(15)24-21(16)19/h4-6,8-13,15,20,23H,7,14H2,1-3H3. The van der Waals surface area contributed by atoms with E-state index in [1.54, 1.807) is 0 Å². The summed E-state index contributed by atoms with van der Waals surface area (Å²) in [5, 5.41) is 4.46. The topological polar surface area (TPSA) is 12.0 Å². The Morgan fingerprint density at radius 2 is 1.79 bits per heavy atom. The van der Waals surface area contributed by atoms with Crippen molar-refractivity contribution in [3.63, 3.8) is 0 Å². The fourth-order valence-corrected chi connectivity index (χ4v) is 5.36. The van der Waals surface area contributed by atoms with Crippen LogP contribution in [0.1, 0.15) is 50.7 Å². The van der Waals surface area contributed by atoms with E-state index in [4.69, 9.17) is 0 Å². The van der Waals surface area contributed by atoms with Crippen molar-refractivity contribution in [3.8, 4) is 0 Å². The van der Waals surface area contributed by atoms with Gasteiger partial charge in [-0.25, -0.2) is 0 Å². The third-order valence-electron chi connectivity index (χ3n) is 5.04. The molecule has 2 aliphatic rings. The fourth-order valence-electron chi connectivity index (χ4n) is 3.83. The number of allylic oxidation sites excluding steroid dienone is 2. The van der Waals surface area contributed by atoms with Crippen LogP contribution in [0.2, 0.25) is 0 Å². The van der Waals surface area contributed by atoms with Crippen molar-refractivity contribution >= 4 is 23.1 Å². The van der Waals surface area contributed by atoms with Gasteiger partial charge in [-0.2, -0.15) is 0 Å². The summed E-state index contributed by atoms with van der Waals surface area (Å²) in [7, 11) is 0. The van der Waals surface area contributed by atoms with E-state index in [1.807, 2.05) is 0 Å². The summed E-state index contributed by atoms with van der Waals surface area (Å²) < 4.78 is 0. The molecule has 1 N–H and O–H groups in total. The van der Waals surface area contributed by atoms with Crippen LogP contribution in [0.3, 0.4) is 0 Å². The largest absolute Gasteiger partial charge is 0.354 e. The van der Waals surface area contributed by atoms with Gasteiger partial charge in [0.25, 0.3) is 0 Å². The van der Waals surface area contributed by atoms with E-state index in [-0.39, 0.29) is 5.41 Å². The Morgan fingerprint density at radius 1 is 1.00 bits per heavy atom. The van der Waals surface area contributed by atoms with Gasteiger partial charge in [0, 0.05) is 21.8 Å². The van der Waals surface area contributed by atoms with E-state index < -0.39 is 0 Å². The Kier molecular flexibility index (Phi) is 3.96. The molecule has 0 aromatic heterocycles. The second kappa shape index (κ2) is 6.00. The smallest absolute Gasteiger partial charge is 0.0525 e. The number of rotatable bonds is 2. The summed E-state index contributed by atoms with van der Waals surface area (Å²) in [6, 6.07) is 15.4. The van der Waals surface area contributed by atoms with Crippen molar-refractivity contribution in [1.29, 1.82) is 0 Å². The Balaban J connectivity index is 1.72. The summed E-state index contributed by atoms with van der Waals surface area (Å²) >= 11 is 2.07. The first kappa shape index (κ1) is 15.8. The molecule has 1 aliphatic carbocycles. The molecule has 0 fully saturated rings. The maximum absolute atomic E-state index is 3.74. The van der Waals surface area contributed by atoms with Crippen molar-refractivity contribution in [2.45, 2.75) is 55.1 Å². The molecule has 124 valence electrons. The number of nitrogens with one attached hydrogen (secondary N) is 1. The Morgan fingerprint density at radius 3 is 2.62 bits per heavy atom. The second-order valence-corrected chi connectivity index (χ2v) is 9.08. The number of fused-ring (bicyclic) bond motifs is 3. The molecule has 1 aliphatic heterocycles. The minimum atomic E-state index is 0.130. The Labute approximate surface area is 149 Å². The molecule has 0 radical (unpaired) electrons. The number of hydrogen-bond donors (Lipinski definition) is 1. The van der Waals surface area contributed by atoms with Crippen molar-refractivity contribution in [1.82, 2.24) is 0 Å². The van der Waals surface area contributed by atoms with Crippen LogP contribution >= 0.6 is 11.8 Å². The first-order chi connectivity index (χ1) is 11.5. The van der Waals surface area contributed by atoms with Gasteiger partial charge in [-0.3, -0.25) is 0 Å². The third kappa shape index (κ3) is 2.77. The van der Waals surface area contributed by atoms with Gasteiger partial charge in [0.15, 0.2) is 0 Å². The molecule has 24 heavy (non-hydrogen) atoms. The molecule has 0 amide bonds. The minimum absolute atomic E-state index is 0.130. The first-order valence-electron chi connectivity index (χ1n) is 8.87. The average Bonchev–Trinajstić information content (AvgIpc) is 2.94. The maximum atomic E-state index is 3.74. The average molecular weight is 336 g/mol. The number of para-hydroxylation sites is 1. The summed E-state index contributed by atoms with van der Waals surface area (Å²) in [4.78, 5) is 1.45. The van der Waals surface area contributed by atoms with Gasteiger partial charge >= 0.3 is 0 Å². The highest BCUT2D eigenvalue weighted by molar-refractivity contribution is 8.00. The zero-order valence-electron chi connectivity index (χ0n) is 14.7. The highest BCUT2D eigenvalue weighted by Crippen LogP contribution is 2.52. The predicted octanol–water partition coefficient (Wildman–Crippen LogP) is 6.64. The minimum Gasteiger partial charge on any atom is -0.354 e. The molecule has 0 saturated heterocycles. The zero-order valence-corrected chi connectivity index (χ0v) is 15.5. The molecule has 0 saturated carbocycles. The fraction of sp³-hybridized carbons (Fsp3) is 0.364. The summed E-state index contributed by atoms with van der Waals surface area (Å²) in [6.45, 7) is 6.82. The summed E-state index contributed by atoms with van der Waals surface area (Å²) in [6.07, 6.45) is 7.28. The molecule has 2 unspecified atom stereocenters. The molecule has 4 rings (SSSR count). The van der Waals surface area contributed by atoms with Gasteiger partial charge in [-0.1, -0.05) is 63.3 Å². The van der Waals surface area contributed by atoms with Gasteiger partial charge in [0.1, 0.15) is 0 Å². The highest BCUT2D eigenvalue weighted by Gasteiger charge is 2.34. The molecule has 0 spiro atoms. The van der Waals surface area contributed by atoms with Crippen LogP contribution in [0.15, 0.2) is 59.5 Å². The van der Waals surface area contributed by atoms with Gasteiger partial charge in [0.05, 0.1) is 5.69 Å². The van der Waals surface area contributed by atoms with Crippen molar-refractivity contribution in [2.75, 3.05) is 5.32 Å². The molecule has 2 atom stereocenters. The van der Waals surface area contributed by atoms with E-state index in [0.717, 1.165) is 0 Å². The quantitative estimate of drug-likeness (QED) is 0.618. The monoisotopic (exact) mass is 335 g/mol. The van der Waals surface area contributed by atoms with Crippen LogP contribution in [0.4, 0.5) is 11.4 Å². The molecular weight excluding hydrogens is 310 g/mol. The predicted molar refractivity (Wildman–Crippen MR) is 106 cm³/mol. The van der Waals surface area contributed by atoms with Crippen molar-refractivity contribution in [3.05, 3.63) is 65.7 Å². The van der Waals surface area contributed by atoms with Gasteiger partial charge in [-0.15, -0.1) is 11.8 Å². The first-order valence-corrected chi connectivity index (χ1v) is 9.75. The lowest BCUT2D eigenvalue weighted by Crippen LogP contribution is -2.13. The molecular formula is C22H25NS. The van der Waals surface area contributed by atoms with Crippen LogP contribution in [0.25, 0.3) is 0 Å². The van der Waals surface area contributed by atoms with E-state index in [2.05, 4.69) is 92.5 Å². The van der Waals surface area contributed by atoms with E-state index in [0.29, 0.717) is 11.2 Å².